The first-order valence-corrected chi connectivity index (χ1v) is 8.18. The normalized spacial score (nSPS) is 12.1. The molecule has 0 spiro atoms. The lowest BCUT2D eigenvalue weighted by atomic mass is 10.1. The van der Waals surface area contributed by atoms with Gasteiger partial charge in [0.25, 0.3) is 0 Å². The molecule has 0 aliphatic carbocycles. The second kappa shape index (κ2) is 9.72. The van der Waals surface area contributed by atoms with Crippen LogP contribution in [-0.2, 0) is 27.3 Å². The van der Waals surface area contributed by atoms with Crippen LogP contribution >= 0.6 is 0 Å². The summed E-state index contributed by atoms with van der Waals surface area (Å²) in [6.07, 6.45) is -6.00. The van der Waals surface area contributed by atoms with Gasteiger partial charge in [0.05, 0.1) is 0 Å². The van der Waals surface area contributed by atoms with E-state index < -0.39 is 36.7 Å². The number of hydrogen-bond donors (Lipinski definition) is 1. The fourth-order valence-corrected chi connectivity index (χ4v) is 2.25. The zero-order valence-corrected chi connectivity index (χ0v) is 14.5. The Bertz CT molecular complexity index is 796. The average molecular weight is 399 g/mol. The minimum atomic E-state index is -4.72. The van der Waals surface area contributed by atoms with Crippen LogP contribution in [0.15, 0.2) is 54.6 Å². The second-order valence-corrected chi connectivity index (χ2v) is 5.82. The molecule has 0 bridgehead atoms. The van der Waals surface area contributed by atoms with E-state index in [0.29, 0.717) is 5.56 Å². The number of nitrogens with one attached hydrogen (secondary N) is 1. The van der Waals surface area contributed by atoms with Crippen molar-refractivity contribution in [2.75, 3.05) is 6.61 Å². The van der Waals surface area contributed by atoms with E-state index in [0.717, 1.165) is 6.07 Å². The van der Waals surface area contributed by atoms with Crippen LogP contribution in [-0.4, -0.2) is 30.9 Å². The summed E-state index contributed by atoms with van der Waals surface area (Å²) in [4.78, 5) is 24.0. The van der Waals surface area contributed by atoms with Crippen LogP contribution in [0.1, 0.15) is 11.1 Å². The molecule has 0 aliphatic heterocycles. The average Bonchev–Trinajstić information content (AvgIpc) is 2.64. The Labute approximate surface area is 158 Å². The number of carbonyl (C=O) groups excluding carboxylic acids is 2. The molecule has 150 valence electrons. The lowest BCUT2D eigenvalue weighted by Crippen LogP contribution is -2.44. The molecule has 0 saturated carbocycles. The highest BCUT2D eigenvalue weighted by atomic mass is 19.4. The third kappa shape index (κ3) is 7.65. The van der Waals surface area contributed by atoms with E-state index in [9.17, 15) is 27.2 Å². The summed E-state index contributed by atoms with van der Waals surface area (Å²) >= 11 is 0. The van der Waals surface area contributed by atoms with Crippen molar-refractivity contribution in [3.63, 3.8) is 0 Å². The summed E-state index contributed by atoms with van der Waals surface area (Å²) in [5, 5.41) is 2.17. The van der Waals surface area contributed by atoms with Crippen LogP contribution in [0.5, 0.6) is 0 Å². The summed E-state index contributed by atoms with van der Waals surface area (Å²) < 4.78 is 59.4. The molecule has 0 saturated heterocycles. The Morgan fingerprint density at radius 2 is 1.64 bits per heavy atom. The smallest absolute Gasteiger partial charge is 0.422 e. The molecule has 0 aromatic heterocycles. The Kier molecular flexibility index (Phi) is 7.36. The van der Waals surface area contributed by atoms with Gasteiger partial charge in [-0.1, -0.05) is 42.5 Å². The Morgan fingerprint density at radius 3 is 2.29 bits per heavy atom. The number of amides is 1. The molecule has 9 heteroatoms. The molecule has 1 amide bonds. The van der Waals surface area contributed by atoms with E-state index in [1.165, 1.54) is 18.2 Å². The van der Waals surface area contributed by atoms with Gasteiger partial charge in [-0.2, -0.15) is 13.2 Å². The zero-order chi connectivity index (χ0) is 20.6. The van der Waals surface area contributed by atoms with Gasteiger partial charge in [-0.15, -0.1) is 0 Å². The highest BCUT2D eigenvalue weighted by molar-refractivity contribution is 5.81. The molecule has 0 heterocycles. The summed E-state index contributed by atoms with van der Waals surface area (Å²) in [6.45, 7) is -1.90. The predicted molar refractivity (Wildman–Crippen MR) is 90.7 cm³/mol. The van der Waals surface area contributed by atoms with Crippen molar-refractivity contribution in [1.29, 1.82) is 0 Å². The number of ether oxygens (including phenoxy) is 2. The van der Waals surface area contributed by atoms with E-state index in [2.05, 4.69) is 10.1 Å². The van der Waals surface area contributed by atoms with Gasteiger partial charge in [0.2, 0.25) is 0 Å². The molecule has 28 heavy (non-hydrogen) atoms. The number of halogens is 4. The standard InChI is InChI=1S/C19H17F4NO4/c20-15-8-4-7-14(9-15)10-16(17(25)28-12-19(21,22)23)24-18(26)27-11-13-5-2-1-3-6-13/h1-9,16H,10-12H2,(H,24,26)/t16-/m1/s1. The quantitative estimate of drug-likeness (QED) is 0.569. The number of alkyl halides is 3. The molecular weight excluding hydrogens is 382 g/mol. The fourth-order valence-electron chi connectivity index (χ4n) is 2.25. The van der Waals surface area contributed by atoms with Crippen LogP contribution < -0.4 is 5.32 Å². The van der Waals surface area contributed by atoms with Crippen molar-refractivity contribution >= 4 is 12.1 Å². The Morgan fingerprint density at radius 1 is 0.964 bits per heavy atom. The van der Waals surface area contributed by atoms with Crippen LogP contribution in [0.4, 0.5) is 22.4 Å². The summed E-state index contributed by atoms with van der Waals surface area (Å²) in [6, 6.07) is 12.3. The first-order chi connectivity index (χ1) is 13.2. The monoisotopic (exact) mass is 399 g/mol. The van der Waals surface area contributed by atoms with E-state index in [-0.39, 0.29) is 18.6 Å². The predicted octanol–water partition coefficient (Wildman–Crippen LogP) is 3.77. The van der Waals surface area contributed by atoms with Crippen molar-refractivity contribution in [2.45, 2.75) is 25.2 Å². The molecule has 1 N–H and O–H groups in total. The van der Waals surface area contributed by atoms with Crippen LogP contribution in [0.2, 0.25) is 0 Å². The van der Waals surface area contributed by atoms with Gasteiger partial charge in [-0.25, -0.2) is 14.0 Å². The van der Waals surface area contributed by atoms with Gasteiger partial charge in [0.1, 0.15) is 18.5 Å². The molecule has 0 radical (unpaired) electrons. The number of benzene rings is 2. The molecule has 0 unspecified atom stereocenters. The van der Waals surface area contributed by atoms with E-state index in [1.807, 2.05) is 0 Å². The number of carbonyl (C=O) groups is 2. The molecule has 2 aromatic carbocycles. The maximum atomic E-state index is 13.3. The third-order valence-corrected chi connectivity index (χ3v) is 3.50. The SMILES string of the molecule is O=C(N[C@H](Cc1cccc(F)c1)C(=O)OCC(F)(F)F)OCc1ccccc1. The van der Waals surface area contributed by atoms with Gasteiger partial charge in [-0.3, -0.25) is 0 Å². The van der Waals surface area contributed by atoms with Crippen molar-refractivity contribution in [3.05, 3.63) is 71.5 Å². The lowest BCUT2D eigenvalue weighted by Gasteiger charge is -2.18. The highest BCUT2D eigenvalue weighted by Gasteiger charge is 2.32. The lowest BCUT2D eigenvalue weighted by molar-refractivity contribution is -0.187. The topological polar surface area (TPSA) is 64.6 Å². The van der Waals surface area contributed by atoms with E-state index in [1.54, 1.807) is 30.3 Å². The summed E-state index contributed by atoms with van der Waals surface area (Å²) in [7, 11) is 0. The summed E-state index contributed by atoms with van der Waals surface area (Å²) in [5.74, 6) is -1.90. The largest absolute Gasteiger partial charge is 0.454 e. The maximum absolute atomic E-state index is 13.3. The van der Waals surface area contributed by atoms with Gasteiger partial charge in [0.15, 0.2) is 6.61 Å². The second-order valence-electron chi connectivity index (χ2n) is 5.82. The first-order valence-electron chi connectivity index (χ1n) is 8.18. The molecule has 0 fully saturated rings. The van der Waals surface area contributed by atoms with Crippen molar-refractivity contribution in [3.8, 4) is 0 Å². The van der Waals surface area contributed by atoms with Gasteiger partial charge in [-0.05, 0) is 23.3 Å². The molecule has 2 aromatic rings. The first kappa shape index (κ1) is 21.2. The number of rotatable bonds is 7. The Balaban J connectivity index is 2.01. The minimum absolute atomic E-state index is 0.100. The van der Waals surface area contributed by atoms with Crippen molar-refractivity contribution in [2.24, 2.45) is 0 Å². The number of hydrogen-bond acceptors (Lipinski definition) is 4. The summed E-state index contributed by atoms with van der Waals surface area (Å²) in [5.41, 5.74) is 0.969. The maximum Gasteiger partial charge on any atom is 0.422 e. The minimum Gasteiger partial charge on any atom is -0.454 e. The van der Waals surface area contributed by atoms with Gasteiger partial charge >= 0.3 is 18.2 Å². The van der Waals surface area contributed by atoms with Crippen molar-refractivity contribution < 1.29 is 36.6 Å². The molecule has 5 nitrogen and oxygen atoms in total. The fraction of sp³-hybridized carbons (Fsp3) is 0.263. The van der Waals surface area contributed by atoms with E-state index in [4.69, 9.17) is 4.74 Å². The Hall–Kier alpha value is -3.10. The number of alkyl carbamates (subject to hydrolysis) is 1. The van der Waals surface area contributed by atoms with Crippen LogP contribution in [0.3, 0.4) is 0 Å². The molecular formula is C19H17F4NO4. The zero-order valence-electron chi connectivity index (χ0n) is 14.5. The number of esters is 1. The van der Waals surface area contributed by atoms with E-state index >= 15 is 0 Å². The highest BCUT2D eigenvalue weighted by Crippen LogP contribution is 2.16. The molecule has 0 aliphatic rings. The van der Waals surface area contributed by atoms with Crippen LogP contribution in [0.25, 0.3) is 0 Å². The third-order valence-electron chi connectivity index (χ3n) is 3.50. The van der Waals surface area contributed by atoms with Crippen LogP contribution in [0, 0.1) is 5.82 Å². The van der Waals surface area contributed by atoms with Crippen molar-refractivity contribution in [1.82, 2.24) is 5.32 Å². The van der Waals surface area contributed by atoms with Gasteiger partial charge in [0, 0.05) is 6.42 Å². The molecule has 2 rings (SSSR count). The molecule has 1 atom stereocenters. The van der Waals surface area contributed by atoms with Gasteiger partial charge < -0.3 is 14.8 Å².